The summed E-state index contributed by atoms with van der Waals surface area (Å²) in [5.41, 5.74) is 7.37. The number of hydrogen-bond donors (Lipinski definition) is 1. The molecule has 236 valence electrons. The highest BCUT2D eigenvalue weighted by Crippen LogP contribution is 2.35. The third-order valence-corrected chi connectivity index (χ3v) is 8.93. The quantitative estimate of drug-likeness (QED) is 0.194. The third kappa shape index (κ3) is 6.86. The minimum absolute atomic E-state index is 0.117. The van der Waals surface area contributed by atoms with E-state index in [1.165, 1.54) is 0 Å². The van der Waals surface area contributed by atoms with Crippen LogP contribution in [0.1, 0.15) is 82.3 Å². The molecule has 0 spiro atoms. The lowest BCUT2D eigenvalue weighted by molar-refractivity contribution is -0.127. The number of aliphatic imine (C=N–C) groups is 1. The Kier molecular flexibility index (Phi) is 9.52. The van der Waals surface area contributed by atoms with Gasteiger partial charge < -0.3 is 4.74 Å². The van der Waals surface area contributed by atoms with Crippen LogP contribution in [-0.2, 0) is 16.0 Å². The number of aromatic nitrogens is 2. The molecule has 2 aliphatic rings. The number of allylic oxidation sites excluding steroid dienone is 2. The van der Waals surface area contributed by atoms with Crippen LogP contribution in [0.4, 0.5) is 0 Å². The van der Waals surface area contributed by atoms with Crippen LogP contribution in [0.2, 0.25) is 0 Å². The van der Waals surface area contributed by atoms with Gasteiger partial charge in [0.05, 0.1) is 0 Å². The summed E-state index contributed by atoms with van der Waals surface area (Å²) in [5.74, 6) is 0.649. The largest absolute Gasteiger partial charge is 0.483 e. The van der Waals surface area contributed by atoms with E-state index in [9.17, 15) is 14.4 Å². The van der Waals surface area contributed by atoms with Crippen molar-refractivity contribution in [3.8, 4) is 28.3 Å². The van der Waals surface area contributed by atoms with Gasteiger partial charge in [0.25, 0.3) is 0 Å². The highest BCUT2D eigenvalue weighted by Gasteiger charge is 2.29. The highest BCUT2D eigenvalue weighted by atomic mass is 16.5. The van der Waals surface area contributed by atoms with Crippen LogP contribution < -0.4 is 10.5 Å². The van der Waals surface area contributed by atoms with Gasteiger partial charge in [-0.25, -0.2) is 4.79 Å². The molecule has 1 aliphatic heterocycles. The highest BCUT2D eigenvalue weighted by molar-refractivity contribution is 6.04. The summed E-state index contributed by atoms with van der Waals surface area (Å²) >= 11 is 0. The van der Waals surface area contributed by atoms with Crippen molar-refractivity contribution in [2.24, 2.45) is 4.99 Å². The normalized spacial score (nSPS) is 18.8. The molecule has 1 saturated carbocycles. The Morgan fingerprint density at radius 3 is 2.35 bits per heavy atom. The van der Waals surface area contributed by atoms with Crippen LogP contribution in [0.25, 0.3) is 22.5 Å². The molecule has 1 aliphatic carbocycles. The molecule has 1 N–H and O–H groups in total. The van der Waals surface area contributed by atoms with Crippen molar-refractivity contribution in [3.63, 3.8) is 0 Å². The summed E-state index contributed by atoms with van der Waals surface area (Å²) in [7, 11) is 0. The Balaban J connectivity index is 1.22. The van der Waals surface area contributed by atoms with Crippen molar-refractivity contribution in [1.29, 1.82) is 0 Å². The summed E-state index contributed by atoms with van der Waals surface area (Å²) < 4.78 is 10.8. The van der Waals surface area contributed by atoms with Gasteiger partial charge in [0.1, 0.15) is 5.75 Å². The summed E-state index contributed by atoms with van der Waals surface area (Å²) in [6.07, 6.45) is 6.18. The number of H-pyrrole nitrogens is 1. The molecular formula is C38H39N3O5. The van der Waals surface area contributed by atoms with Gasteiger partial charge in [-0.05, 0) is 66.5 Å². The minimum Gasteiger partial charge on any atom is -0.483 e. The topological polar surface area (TPSA) is 115 Å². The van der Waals surface area contributed by atoms with Crippen LogP contribution >= 0.6 is 0 Å². The summed E-state index contributed by atoms with van der Waals surface area (Å²) in [4.78, 5) is 45.6. The van der Waals surface area contributed by atoms with E-state index >= 15 is 0 Å². The van der Waals surface area contributed by atoms with Gasteiger partial charge in [0.2, 0.25) is 0 Å². The van der Waals surface area contributed by atoms with Gasteiger partial charge >= 0.3 is 5.76 Å². The van der Waals surface area contributed by atoms with E-state index in [4.69, 9.17) is 14.3 Å². The fourth-order valence-corrected chi connectivity index (χ4v) is 6.50. The molecule has 4 aromatic rings. The summed E-state index contributed by atoms with van der Waals surface area (Å²) in [5, 5.41) is 3.86. The number of ketones is 2. The Morgan fingerprint density at radius 2 is 1.67 bits per heavy atom. The maximum absolute atomic E-state index is 14.0. The molecule has 2 unspecified atom stereocenters. The Morgan fingerprint density at radius 1 is 0.913 bits per heavy atom. The van der Waals surface area contributed by atoms with Gasteiger partial charge in [0, 0.05) is 47.7 Å². The zero-order chi connectivity index (χ0) is 32.0. The minimum atomic E-state index is -0.598. The molecular weight excluding hydrogens is 578 g/mol. The number of carbonyl (C=O) groups excluding carboxylic acids is 2. The molecule has 46 heavy (non-hydrogen) atoms. The maximum Gasteiger partial charge on any atom is 0.439 e. The Hall–Kier alpha value is -4.85. The zero-order valence-electron chi connectivity index (χ0n) is 26.4. The van der Waals surface area contributed by atoms with E-state index in [1.54, 1.807) is 0 Å². The van der Waals surface area contributed by atoms with E-state index in [2.05, 4.69) is 24.0 Å². The van der Waals surface area contributed by atoms with Crippen molar-refractivity contribution in [2.75, 3.05) is 0 Å². The first-order chi connectivity index (χ1) is 22.4. The van der Waals surface area contributed by atoms with Gasteiger partial charge in [-0.3, -0.25) is 24.1 Å². The molecule has 3 aromatic carbocycles. The second-order valence-corrected chi connectivity index (χ2v) is 12.1. The SMILES string of the molecule is CCCC1=C(Cc2ccc(-c3ccccc3-c3noc(=O)[nH]3)cc2)C(=O)CC(c2ccc(OC3CCCCC3=O)cc2)C(CC)=N1. The molecule has 1 aromatic heterocycles. The van der Waals surface area contributed by atoms with Crippen LogP contribution in [0.15, 0.2) is 98.4 Å². The van der Waals surface area contributed by atoms with Crippen LogP contribution in [0.3, 0.4) is 0 Å². The standard InChI is InChI=1S/C38H39N3O5/c1-3-9-33-31(22-24-14-16-25(17-15-24)28-10-5-6-11-29(28)37-40-38(44)46-41-37)35(43)23-30(32(4-2)39-33)26-18-20-27(21-19-26)45-36-13-8-7-12-34(36)42/h5-6,10-11,14-21,30,36H,3-4,7-9,12-13,22-23H2,1-2H3,(H,40,41,44). The molecule has 0 saturated heterocycles. The predicted molar refractivity (Wildman–Crippen MR) is 178 cm³/mol. The van der Waals surface area contributed by atoms with Gasteiger partial charge in [0.15, 0.2) is 23.5 Å². The zero-order valence-corrected chi connectivity index (χ0v) is 26.4. The first-order valence-corrected chi connectivity index (χ1v) is 16.3. The van der Waals surface area contributed by atoms with Crippen LogP contribution in [-0.4, -0.2) is 33.5 Å². The van der Waals surface area contributed by atoms with E-state index in [0.29, 0.717) is 30.8 Å². The molecule has 2 atom stereocenters. The van der Waals surface area contributed by atoms with Crippen molar-refractivity contribution in [1.82, 2.24) is 10.1 Å². The molecule has 0 bridgehead atoms. The van der Waals surface area contributed by atoms with Crippen LogP contribution in [0, 0.1) is 0 Å². The number of hydrogen-bond acceptors (Lipinski definition) is 7. The third-order valence-electron chi connectivity index (χ3n) is 8.93. The lowest BCUT2D eigenvalue weighted by atomic mass is 9.86. The van der Waals surface area contributed by atoms with E-state index in [1.807, 2.05) is 72.8 Å². The molecule has 8 heteroatoms. The second-order valence-electron chi connectivity index (χ2n) is 12.1. The molecule has 8 nitrogen and oxygen atoms in total. The number of nitrogens with zero attached hydrogens (tertiary/aromatic N) is 2. The lowest BCUT2D eigenvalue weighted by Crippen LogP contribution is -2.30. The molecule has 6 rings (SSSR count). The monoisotopic (exact) mass is 617 g/mol. The number of nitrogens with one attached hydrogen (secondary N) is 1. The first kappa shape index (κ1) is 31.1. The van der Waals surface area contributed by atoms with E-state index < -0.39 is 5.76 Å². The number of benzene rings is 3. The molecule has 0 amide bonds. The number of rotatable bonds is 10. The molecule has 0 radical (unpaired) electrons. The fourth-order valence-electron chi connectivity index (χ4n) is 6.50. The predicted octanol–water partition coefficient (Wildman–Crippen LogP) is 7.79. The molecule has 1 fully saturated rings. The number of aromatic amines is 1. The number of carbonyl (C=O) groups is 2. The Labute approximate surface area is 268 Å². The van der Waals surface area contributed by atoms with E-state index in [0.717, 1.165) is 83.3 Å². The fraction of sp³-hybridized carbons (Fsp3) is 0.342. The smallest absolute Gasteiger partial charge is 0.439 e. The van der Waals surface area contributed by atoms with Gasteiger partial charge in [-0.2, -0.15) is 0 Å². The average molecular weight is 618 g/mol. The summed E-state index contributed by atoms with van der Waals surface area (Å²) in [6, 6.07) is 23.7. The van der Waals surface area contributed by atoms with Crippen molar-refractivity contribution in [2.45, 2.75) is 83.7 Å². The van der Waals surface area contributed by atoms with Crippen molar-refractivity contribution >= 4 is 17.3 Å². The Bertz CT molecular complexity index is 1830. The second kappa shape index (κ2) is 14.1. The maximum atomic E-state index is 14.0. The van der Waals surface area contributed by atoms with Gasteiger partial charge in [-0.1, -0.05) is 86.1 Å². The van der Waals surface area contributed by atoms with Crippen molar-refractivity contribution < 1.29 is 18.8 Å². The first-order valence-electron chi connectivity index (χ1n) is 16.3. The summed E-state index contributed by atoms with van der Waals surface area (Å²) in [6.45, 7) is 4.21. The van der Waals surface area contributed by atoms with E-state index in [-0.39, 0.29) is 23.6 Å². The number of ether oxygens (including phenoxy) is 1. The van der Waals surface area contributed by atoms with Crippen molar-refractivity contribution in [3.05, 3.63) is 106 Å². The van der Waals surface area contributed by atoms with Gasteiger partial charge in [-0.15, -0.1) is 0 Å². The molecule has 2 heterocycles. The van der Waals surface area contributed by atoms with Crippen LogP contribution in [0.5, 0.6) is 5.75 Å². The lowest BCUT2D eigenvalue weighted by Gasteiger charge is -2.22. The average Bonchev–Trinajstić information content (AvgIpc) is 3.47. The number of Topliss-reactive ketones (excluding diaryl/α,β-unsaturated/α-hetero) is 2.